The number of unbranched alkanes of at least 4 members (excludes halogenated alkanes) is 1. The summed E-state index contributed by atoms with van der Waals surface area (Å²) in [6.45, 7) is 7.37. The van der Waals surface area contributed by atoms with E-state index in [1.165, 1.54) is 0 Å². The Kier molecular flexibility index (Phi) is 11.5. The summed E-state index contributed by atoms with van der Waals surface area (Å²) in [6.07, 6.45) is 11.3. The van der Waals surface area contributed by atoms with E-state index in [0.717, 1.165) is 76.1 Å². The molecule has 0 spiro atoms. The first-order chi connectivity index (χ1) is 23.1. The average Bonchev–Trinajstić information content (AvgIpc) is 3.76. The first-order valence-electron chi connectivity index (χ1n) is 16.4. The van der Waals surface area contributed by atoms with Crippen LogP contribution in [-0.4, -0.2) is 104 Å². The highest BCUT2D eigenvalue weighted by atomic mass is 35.5. The van der Waals surface area contributed by atoms with E-state index in [2.05, 4.69) is 35.4 Å². The summed E-state index contributed by atoms with van der Waals surface area (Å²) < 4.78 is 26.8. The molecule has 1 atom stereocenters. The number of hydrogen-bond donors (Lipinski definition) is 1. The van der Waals surface area contributed by atoms with E-state index in [1.54, 1.807) is 30.4 Å². The van der Waals surface area contributed by atoms with E-state index in [4.69, 9.17) is 40.6 Å². The van der Waals surface area contributed by atoms with Crippen molar-refractivity contribution in [2.45, 2.75) is 70.2 Å². The molecule has 252 valence electrons. The Morgan fingerprint density at radius 2 is 1.87 bits per heavy atom. The molecule has 1 aromatic carbocycles. The third-order valence-corrected chi connectivity index (χ3v) is 8.89. The molecule has 0 amide bonds. The molecule has 1 aliphatic carbocycles. The van der Waals surface area contributed by atoms with Gasteiger partial charge in [0.1, 0.15) is 23.9 Å². The molecule has 0 bridgehead atoms. The third-order valence-electron chi connectivity index (χ3n) is 8.57. The number of aromatic nitrogens is 8. The quantitative estimate of drug-likeness (QED) is 0.174. The molecule has 2 aliphatic rings. The summed E-state index contributed by atoms with van der Waals surface area (Å²) in [5.41, 5.74) is 2.29. The molecular formula is C32H43ClN10O4. The van der Waals surface area contributed by atoms with E-state index in [0.29, 0.717) is 60.1 Å². The van der Waals surface area contributed by atoms with E-state index in [-0.39, 0.29) is 6.10 Å². The number of halogens is 1. The normalized spacial score (nSPS) is 19.4. The van der Waals surface area contributed by atoms with Crippen LogP contribution in [0.1, 0.15) is 51.5 Å². The number of rotatable bonds is 15. The van der Waals surface area contributed by atoms with E-state index < -0.39 is 0 Å². The molecule has 14 nitrogen and oxygen atoms in total. The molecule has 1 saturated carbocycles. The second kappa shape index (κ2) is 16.3. The number of hydrogen-bond acceptors (Lipinski definition) is 12. The standard InChI is InChI=1S/C32H43ClN10O4/c1-23(20-42-22-35-39-40-42)47-30-19-24(5-10-27(30)33)28-11-12-34-32(36-28)37-29-21-43(38-31(29)46-16-4-3-15-44-2)26-8-6-25(7-9-26)41-13-17-45-18-14-41/h5,10-12,19,21-23,25-26H,3-4,6-9,13-18,20H2,1-2H3,(H,34,36,37)/t23-,25?,26?/m0/s1. The molecule has 1 N–H and O–H groups in total. The van der Waals surface area contributed by atoms with Crippen molar-refractivity contribution >= 4 is 23.2 Å². The van der Waals surface area contributed by atoms with Gasteiger partial charge in [0.15, 0.2) is 0 Å². The van der Waals surface area contributed by atoms with Gasteiger partial charge in [-0.05, 0) is 74.1 Å². The minimum Gasteiger partial charge on any atom is -0.487 e. The maximum absolute atomic E-state index is 6.49. The SMILES string of the molecule is COCCCCOc1nn(C2CCC(N3CCOCC3)CC2)cc1Nc1nccc(-c2ccc(Cl)c(O[C@@H](C)Cn3cnnn3)c2)n1. The molecule has 4 heterocycles. The molecule has 4 aromatic rings. The molecule has 0 radical (unpaired) electrons. The predicted molar refractivity (Wildman–Crippen MR) is 176 cm³/mol. The Hall–Kier alpha value is -3.85. The van der Waals surface area contributed by atoms with Gasteiger partial charge in [0.05, 0.1) is 49.3 Å². The van der Waals surface area contributed by atoms with Crippen LogP contribution in [0.25, 0.3) is 11.3 Å². The van der Waals surface area contributed by atoms with Crippen LogP contribution in [0.4, 0.5) is 11.6 Å². The van der Waals surface area contributed by atoms with E-state index in [9.17, 15) is 0 Å². The smallest absolute Gasteiger partial charge is 0.256 e. The van der Waals surface area contributed by atoms with Gasteiger partial charge in [-0.15, -0.1) is 10.2 Å². The van der Waals surface area contributed by atoms with Gasteiger partial charge in [-0.2, -0.15) is 0 Å². The van der Waals surface area contributed by atoms with Crippen LogP contribution in [0, 0.1) is 0 Å². The fourth-order valence-corrected chi connectivity index (χ4v) is 6.30. The monoisotopic (exact) mass is 666 g/mol. The maximum atomic E-state index is 6.49. The molecule has 6 rings (SSSR count). The van der Waals surface area contributed by atoms with Crippen molar-refractivity contribution in [2.24, 2.45) is 0 Å². The van der Waals surface area contributed by atoms with Gasteiger partial charge in [0, 0.05) is 44.6 Å². The molecule has 1 aliphatic heterocycles. The van der Waals surface area contributed by atoms with Gasteiger partial charge in [0.25, 0.3) is 5.88 Å². The number of tetrazole rings is 1. The zero-order chi connectivity index (χ0) is 32.4. The Labute approximate surface area is 279 Å². The average molecular weight is 667 g/mol. The fraction of sp³-hybridized carbons (Fsp3) is 0.562. The minimum atomic E-state index is -0.215. The first-order valence-corrected chi connectivity index (χ1v) is 16.7. The zero-order valence-corrected chi connectivity index (χ0v) is 27.8. The Morgan fingerprint density at radius 3 is 2.66 bits per heavy atom. The maximum Gasteiger partial charge on any atom is 0.256 e. The predicted octanol–water partition coefficient (Wildman–Crippen LogP) is 4.81. The number of methoxy groups -OCH3 is 1. The van der Waals surface area contributed by atoms with Crippen LogP contribution in [0.5, 0.6) is 11.6 Å². The van der Waals surface area contributed by atoms with Crippen molar-refractivity contribution in [1.29, 1.82) is 0 Å². The number of ether oxygens (including phenoxy) is 4. The highest BCUT2D eigenvalue weighted by Crippen LogP contribution is 2.35. The van der Waals surface area contributed by atoms with Crippen LogP contribution in [0.3, 0.4) is 0 Å². The number of nitrogens with zero attached hydrogens (tertiary/aromatic N) is 9. The van der Waals surface area contributed by atoms with E-state index >= 15 is 0 Å². The lowest BCUT2D eigenvalue weighted by Crippen LogP contribution is -2.45. The van der Waals surface area contributed by atoms with Crippen molar-refractivity contribution in [2.75, 3.05) is 51.9 Å². The summed E-state index contributed by atoms with van der Waals surface area (Å²) in [5, 5.41) is 20.0. The van der Waals surface area contributed by atoms with Gasteiger partial charge in [-0.25, -0.2) is 14.6 Å². The summed E-state index contributed by atoms with van der Waals surface area (Å²) >= 11 is 6.49. The molecule has 2 fully saturated rings. The van der Waals surface area contributed by atoms with Gasteiger partial charge in [-0.3, -0.25) is 9.58 Å². The zero-order valence-electron chi connectivity index (χ0n) is 27.0. The largest absolute Gasteiger partial charge is 0.487 e. The van der Waals surface area contributed by atoms with Crippen LogP contribution in [0.2, 0.25) is 5.02 Å². The molecule has 1 saturated heterocycles. The molecule has 15 heteroatoms. The van der Waals surface area contributed by atoms with Gasteiger partial charge in [0.2, 0.25) is 5.95 Å². The lowest BCUT2D eigenvalue weighted by Gasteiger charge is -2.38. The fourth-order valence-electron chi connectivity index (χ4n) is 6.14. The van der Waals surface area contributed by atoms with Crippen molar-refractivity contribution in [3.63, 3.8) is 0 Å². The number of benzene rings is 1. The van der Waals surface area contributed by atoms with Gasteiger partial charge >= 0.3 is 0 Å². The molecule has 0 unspecified atom stereocenters. The molecule has 47 heavy (non-hydrogen) atoms. The van der Waals surface area contributed by atoms with Crippen molar-refractivity contribution in [3.8, 4) is 22.9 Å². The Morgan fingerprint density at radius 1 is 1.06 bits per heavy atom. The molecular weight excluding hydrogens is 624 g/mol. The van der Waals surface area contributed by atoms with Crippen molar-refractivity contribution in [1.82, 2.24) is 44.9 Å². The summed E-state index contributed by atoms with van der Waals surface area (Å²) in [6, 6.07) is 8.37. The Bertz CT molecular complexity index is 1540. The second-order valence-corrected chi connectivity index (χ2v) is 12.4. The highest BCUT2D eigenvalue weighted by molar-refractivity contribution is 6.32. The summed E-state index contributed by atoms with van der Waals surface area (Å²) in [4.78, 5) is 11.9. The number of nitrogens with one attached hydrogen (secondary N) is 1. The number of morpholine rings is 1. The van der Waals surface area contributed by atoms with Crippen molar-refractivity contribution < 1.29 is 18.9 Å². The third kappa shape index (κ3) is 8.95. The number of anilines is 2. The lowest BCUT2D eigenvalue weighted by atomic mass is 9.90. The van der Waals surface area contributed by atoms with E-state index in [1.807, 2.05) is 31.3 Å². The molecule has 3 aromatic heterocycles. The van der Waals surface area contributed by atoms with Crippen LogP contribution in [0.15, 0.2) is 43.0 Å². The van der Waals surface area contributed by atoms with Gasteiger partial charge < -0.3 is 24.3 Å². The highest BCUT2D eigenvalue weighted by Gasteiger charge is 2.29. The van der Waals surface area contributed by atoms with Crippen LogP contribution >= 0.6 is 11.6 Å². The minimum absolute atomic E-state index is 0.215. The lowest BCUT2D eigenvalue weighted by molar-refractivity contribution is 0.00503. The van der Waals surface area contributed by atoms with Gasteiger partial charge in [-0.1, -0.05) is 17.7 Å². The van der Waals surface area contributed by atoms with Crippen LogP contribution in [-0.2, 0) is 16.0 Å². The topological polar surface area (TPSA) is 139 Å². The summed E-state index contributed by atoms with van der Waals surface area (Å²) in [7, 11) is 1.71. The first kappa shape index (κ1) is 33.1. The Balaban J connectivity index is 1.15. The summed E-state index contributed by atoms with van der Waals surface area (Å²) in [5.74, 6) is 1.53. The van der Waals surface area contributed by atoms with Crippen LogP contribution < -0.4 is 14.8 Å². The van der Waals surface area contributed by atoms with Crippen molar-refractivity contribution in [3.05, 3.63) is 48.0 Å². The second-order valence-electron chi connectivity index (χ2n) is 12.0.